The van der Waals surface area contributed by atoms with E-state index in [4.69, 9.17) is 14.2 Å². The number of ether oxygens (including phenoxy) is 3. The van der Waals surface area contributed by atoms with Crippen molar-refractivity contribution >= 4 is 34.2 Å². The number of morpholine rings is 1. The van der Waals surface area contributed by atoms with Gasteiger partial charge in [-0.1, -0.05) is 0 Å². The summed E-state index contributed by atoms with van der Waals surface area (Å²) in [5.74, 6) is 1.01. The molecule has 0 spiro atoms. The monoisotopic (exact) mass is 456 g/mol. The molecule has 1 fully saturated rings. The average Bonchev–Trinajstić information content (AvgIpc) is 3.20. The molecule has 32 heavy (non-hydrogen) atoms. The second kappa shape index (κ2) is 10.2. The lowest BCUT2D eigenvalue weighted by Crippen LogP contribution is -2.41. The van der Waals surface area contributed by atoms with Crippen LogP contribution in [0.1, 0.15) is 39.2 Å². The van der Waals surface area contributed by atoms with Gasteiger partial charge in [0.25, 0.3) is 5.91 Å². The Bertz CT molecular complexity index is 1000. The largest absolute Gasteiger partial charge is 0.497 e. The number of methoxy groups -OCH3 is 2. The molecular weight excluding hydrogens is 428 g/mol. The van der Waals surface area contributed by atoms with E-state index in [1.54, 1.807) is 26.4 Å². The first-order chi connectivity index (χ1) is 15.6. The molecule has 2 heterocycles. The van der Waals surface area contributed by atoms with E-state index in [2.05, 4.69) is 5.32 Å². The molecule has 7 nitrogen and oxygen atoms in total. The molecule has 1 aromatic carbocycles. The van der Waals surface area contributed by atoms with Crippen molar-refractivity contribution in [2.24, 2.45) is 0 Å². The van der Waals surface area contributed by atoms with Crippen molar-refractivity contribution in [3.8, 4) is 11.5 Å². The normalized spacial score (nSPS) is 16.0. The Hall–Kier alpha value is -2.84. The number of fused-ring (bicyclic) bond motifs is 1. The predicted octanol–water partition coefficient (Wildman–Crippen LogP) is 3.77. The number of carbonyl (C=O) groups is 2. The fourth-order valence-electron chi connectivity index (χ4n) is 4.06. The fourth-order valence-corrected chi connectivity index (χ4v) is 5.34. The second-order valence-corrected chi connectivity index (χ2v) is 8.89. The van der Waals surface area contributed by atoms with Crippen LogP contribution in [0, 0.1) is 0 Å². The lowest BCUT2D eigenvalue weighted by atomic mass is 9.95. The third-order valence-corrected chi connectivity index (χ3v) is 6.93. The predicted molar refractivity (Wildman–Crippen MR) is 125 cm³/mol. The highest BCUT2D eigenvalue weighted by Crippen LogP contribution is 2.39. The number of anilines is 1. The summed E-state index contributed by atoms with van der Waals surface area (Å²) in [6.45, 7) is 2.25. The number of benzene rings is 1. The van der Waals surface area contributed by atoms with Crippen LogP contribution < -0.4 is 14.8 Å². The molecule has 2 aromatic rings. The molecule has 1 aromatic heterocycles. The number of amides is 2. The number of aryl methyl sites for hydroxylation is 1. The third kappa shape index (κ3) is 4.97. The molecule has 2 amide bonds. The highest BCUT2D eigenvalue weighted by Gasteiger charge is 2.29. The highest BCUT2D eigenvalue weighted by molar-refractivity contribution is 7.17. The van der Waals surface area contributed by atoms with E-state index in [1.807, 2.05) is 17.0 Å². The maximum Gasteiger partial charge on any atom is 0.257 e. The van der Waals surface area contributed by atoms with Crippen molar-refractivity contribution in [3.63, 3.8) is 0 Å². The van der Waals surface area contributed by atoms with Crippen molar-refractivity contribution in [3.05, 3.63) is 45.8 Å². The minimum atomic E-state index is -0.276. The summed E-state index contributed by atoms with van der Waals surface area (Å²) < 4.78 is 16.0. The van der Waals surface area contributed by atoms with E-state index >= 15 is 0 Å². The standard InChI is InChI=1S/C24H28N2O5S/c1-29-17-13-16(14-18(15-17)30-2)7-8-21(27)25-23-22(19-5-3-4-6-20(19)32-23)24(28)26-9-11-31-12-10-26/h7-8,13-15H,3-6,9-12H2,1-2H3,(H,25,27). The van der Waals surface area contributed by atoms with Crippen molar-refractivity contribution in [2.75, 3.05) is 45.8 Å². The van der Waals surface area contributed by atoms with Gasteiger partial charge in [-0.3, -0.25) is 9.59 Å². The molecular formula is C24H28N2O5S. The molecule has 1 aliphatic heterocycles. The number of thiophene rings is 1. The summed E-state index contributed by atoms with van der Waals surface area (Å²) in [6, 6.07) is 5.42. The van der Waals surface area contributed by atoms with Crippen LogP contribution in [0.2, 0.25) is 0 Å². The number of nitrogens with zero attached hydrogens (tertiary/aromatic N) is 1. The maximum atomic E-state index is 13.3. The van der Waals surface area contributed by atoms with Gasteiger partial charge in [0.1, 0.15) is 16.5 Å². The molecule has 0 bridgehead atoms. The Morgan fingerprint density at radius 1 is 1.06 bits per heavy atom. The van der Waals surface area contributed by atoms with E-state index in [-0.39, 0.29) is 11.8 Å². The quantitative estimate of drug-likeness (QED) is 0.670. The number of hydrogen-bond donors (Lipinski definition) is 1. The van der Waals surface area contributed by atoms with Gasteiger partial charge in [-0.25, -0.2) is 0 Å². The Balaban J connectivity index is 1.56. The van der Waals surface area contributed by atoms with Gasteiger partial charge in [-0.05, 0) is 55.0 Å². The van der Waals surface area contributed by atoms with E-state index in [1.165, 1.54) is 22.3 Å². The van der Waals surface area contributed by atoms with Gasteiger partial charge >= 0.3 is 0 Å². The molecule has 2 aliphatic rings. The van der Waals surface area contributed by atoms with E-state index < -0.39 is 0 Å². The van der Waals surface area contributed by atoms with Crippen molar-refractivity contribution in [1.29, 1.82) is 0 Å². The van der Waals surface area contributed by atoms with Crippen molar-refractivity contribution in [1.82, 2.24) is 4.90 Å². The number of hydrogen-bond acceptors (Lipinski definition) is 6. The number of nitrogens with one attached hydrogen (secondary N) is 1. The first kappa shape index (κ1) is 22.4. The van der Waals surface area contributed by atoms with Gasteiger partial charge in [-0.2, -0.15) is 0 Å². The minimum absolute atomic E-state index is 0.00971. The summed E-state index contributed by atoms with van der Waals surface area (Å²) in [6.07, 6.45) is 7.19. The molecule has 1 aliphatic carbocycles. The first-order valence-electron chi connectivity index (χ1n) is 10.8. The van der Waals surface area contributed by atoms with Crippen LogP contribution in [0.4, 0.5) is 5.00 Å². The summed E-state index contributed by atoms with van der Waals surface area (Å²) in [5, 5.41) is 3.61. The zero-order valence-electron chi connectivity index (χ0n) is 18.4. The van der Waals surface area contributed by atoms with Crippen LogP contribution in [0.15, 0.2) is 24.3 Å². The number of carbonyl (C=O) groups excluding carboxylic acids is 2. The Kier molecular flexibility index (Phi) is 7.12. The van der Waals surface area contributed by atoms with Crippen LogP contribution in [0.5, 0.6) is 11.5 Å². The van der Waals surface area contributed by atoms with E-state index in [0.29, 0.717) is 48.4 Å². The molecule has 0 saturated carbocycles. The second-order valence-electron chi connectivity index (χ2n) is 7.79. The summed E-state index contributed by atoms with van der Waals surface area (Å²) in [4.78, 5) is 29.1. The molecule has 0 radical (unpaired) electrons. The Morgan fingerprint density at radius 3 is 2.44 bits per heavy atom. The Labute approximate surface area is 192 Å². The molecule has 1 saturated heterocycles. The van der Waals surface area contributed by atoms with E-state index in [0.717, 1.165) is 36.8 Å². The molecule has 0 unspecified atom stereocenters. The van der Waals surface area contributed by atoms with Crippen LogP contribution in [0.25, 0.3) is 6.08 Å². The molecule has 170 valence electrons. The first-order valence-corrected chi connectivity index (χ1v) is 11.6. The van der Waals surface area contributed by atoms with Gasteiger partial charge in [0.05, 0.1) is 33.0 Å². The summed E-state index contributed by atoms with van der Waals surface area (Å²) in [5.41, 5.74) is 2.55. The molecule has 8 heteroatoms. The zero-order chi connectivity index (χ0) is 22.5. The smallest absolute Gasteiger partial charge is 0.257 e. The highest BCUT2D eigenvalue weighted by atomic mass is 32.1. The Morgan fingerprint density at radius 2 is 1.75 bits per heavy atom. The number of rotatable bonds is 6. The zero-order valence-corrected chi connectivity index (χ0v) is 19.3. The lowest BCUT2D eigenvalue weighted by molar-refractivity contribution is -0.111. The lowest BCUT2D eigenvalue weighted by Gasteiger charge is -2.27. The molecule has 4 rings (SSSR count). The van der Waals surface area contributed by atoms with Gasteiger partial charge in [-0.15, -0.1) is 11.3 Å². The molecule has 1 N–H and O–H groups in total. The fraction of sp³-hybridized carbons (Fsp3) is 0.417. The topological polar surface area (TPSA) is 77.1 Å². The van der Waals surface area contributed by atoms with Crippen LogP contribution in [0.3, 0.4) is 0 Å². The average molecular weight is 457 g/mol. The summed E-state index contributed by atoms with van der Waals surface area (Å²) >= 11 is 1.53. The third-order valence-electron chi connectivity index (χ3n) is 5.72. The van der Waals surface area contributed by atoms with Gasteiger partial charge in [0.2, 0.25) is 5.91 Å². The van der Waals surface area contributed by atoms with Crippen LogP contribution >= 0.6 is 11.3 Å². The van der Waals surface area contributed by atoms with Crippen molar-refractivity contribution in [2.45, 2.75) is 25.7 Å². The van der Waals surface area contributed by atoms with Crippen LogP contribution in [-0.2, 0) is 22.4 Å². The maximum absolute atomic E-state index is 13.3. The van der Waals surface area contributed by atoms with Gasteiger partial charge < -0.3 is 24.4 Å². The minimum Gasteiger partial charge on any atom is -0.497 e. The van der Waals surface area contributed by atoms with Gasteiger partial charge in [0.15, 0.2) is 0 Å². The van der Waals surface area contributed by atoms with E-state index in [9.17, 15) is 9.59 Å². The van der Waals surface area contributed by atoms with Crippen molar-refractivity contribution < 1.29 is 23.8 Å². The molecule has 0 atom stereocenters. The summed E-state index contributed by atoms with van der Waals surface area (Å²) in [7, 11) is 3.17. The van der Waals surface area contributed by atoms with Gasteiger partial charge in [0, 0.05) is 30.1 Å². The van der Waals surface area contributed by atoms with Crippen LogP contribution in [-0.4, -0.2) is 57.2 Å². The SMILES string of the molecule is COc1cc(C=CC(=O)Nc2sc3c(c2C(=O)N2CCOCC2)CCCC3)cc(OC)c1.